The maximum atomic E-state index is 12.6. The second-order valence-corrected chi connectivity index (χ2v) is 5.76. The predicted octanol–water partition coefficient (Wildman–Crippen LogP) is 3.86. The molecule has 0 unspecified atom stereocenters. The molecule has 1 amide bonds. The van der Waals surface area contributed by atoms with E-state index in [1.165, 1.54) is 24.3 Å². The zero-order valence-corrected chi connectivity index (χ0v) is 12.6. The molecule has 0 atom stereocenters. The summed E-state index contributed by atoms with van der Waals surface area (Å²) in [7, 11) is 0. The monoisotopic (exact) mass is 314 g/mol. The van der Waals surface area contributed by atoms with Gasteiger partial charge in [-0.3, -0.25) is 4.90 Å². The van der Waals surface area contributed by atoms with Gasteiger partial charge in [-0.2, -0.15) is 18.4 Å². The fourth-order valence-corrected chi connectivity index (χ4v) is 1.63. The van der Waals surface area contributed by atoms with E-state index in [4.69, 9.17) is 10.00 Å². The summed E-state index contributed by atoms with van der Waals surface area (Å²) in [5.41, 5.74) is -0.0107. The van der Waals surface area contributed by atoms with Gasteiger partial charge in [0.15, 0.2) is 0 Å². The molecule has 120 valence electrons. The summed E-state index contributed by atoms with van der Waals surface area (Å²) in [5.74, 6) is 0. The van der Waals surface area contributed by atoms with Crippen LogP contribution in [-0.2, 0) is 11.3 Å². The Kier molecular flexibility index (Phi) is 5.42. The highest BCUT2D eigenvalue weighted by Gasteiger charge is 2.35. The van der Waals surface area contributed by atoms with E-state index in [0.29, 0.717) is 16.0 Å². The van der Waals surface area contributed by atoms with E-state index < -0.39 is 24.4 Å². The topological polar surface area (TPSA) is 53.3 Å². The molecule has 0 radical (unpaired) electrons. The Bertz CT molecular complexity index is 554. The Morgan fingerprint density at radius 3 is 2.18 bits per heavy atom. The molecule has 0 aliphatic rings. The van der Waals surface area contributed by atoms with Crippen LogP contribution in [0.5, 0.6) is 0 Å². The van der Waals surface area contributed by atoms with Gasteiger partial charge in [0.2, 0.25) is 0 Å². The SMILES string of the molecule is CC(C)(C)OC(=O)N(Cc1ccc(C#N)cc1)CC(F)(F)F. The molecule has 0 aliphatic carbocycles. The van der Waals surface area contributed by atoms with Crippen molar-refractivity contribution >= 4 is 6.09 Å². The Morgan fingerprint density at radius 2 is 1.77 bits per heavy atom. The van der Waals surface area contributed by atoms with Crippen molar-refractivity contribution in [2.45, 2.75) is 39.1 Å². The lowest BCUT2D eigenvalue weighted by Gasteiger charge is -2.28. The molecule has 1 aromatic carbocycles. The summed E-state index contributed by atoms with van der Waals surface area (Å²) < 4.78 is 42.9. The number of hydrogen-bond donors (Lipinski definition) is 0. The van der Waals surface area contributed by atoms with Crippen LogP contribution in [0.4, 0.5) is 18.0 Å². The highest BCUT2D eigenvalue weighted by atomic mass is 19.4. The molecule has 0 saturated carbocycles. The van der Waals surface area contributed by atoms with E-state index in [-0.39, 0.29) is 6.54 Å². The maximum absolute atomic E-state index is 12.6. The van der Waals surface area contributed by atoms with E-state index >= 15 is 0 Å². The van der Waals surface area contributed by atoms with E-state index in [0.717, 1.165) is 0 Å². The molecule has 7 heteroatoms. The Morgan fingerprint density at radius 1 is 1.23 bits per heavy atom. The Labute approximate surface area is 127 Å². The first kappa shape index (κ1) is 17.8. The van der Waals surface area contributed by atoms with Gasteiger partial charge < -0.3 is 4.74 Å². The number of nitriles is 1. The lowest BCUT2D eigenvalue weighted by Crippen LogP contribution is -2.41. The van der Waals surface area contributed by atoms with Crippen molar-refractivity contribution in [3.8, 4) is 6.07 Å². The fourth-order valence-electron chi connectivity index (χ4n) is 1.63. The molecule has 0 spiro atoms. The first-order chi connectivity index (χ1) is 10.00. The summed E-state index contributed by atoms with van der Waals surface area (Å²) in [4.78, 5) is 12.5. The molecular weight excluding hydrogens is 297 g/mol. The van der Waals surface area contributed by atoms with Gasteiger partial charge in [-0.05, 0) is 38.5 Å². The molecule has 22 heavy (non-hydrogen) atoms. The average Bonchev–Trinajstić information content (AvgIpc) is 2.35. The van der Waals surface area contributed by atoms with Crippen LogP contribution in [-0.4, -0.2) is 29.3 Å². The second-order valence-electron chi connectivity index (χ2n) is 5.76. The predicted molar refractivity (Wildman–Crippen MR) is 73.9 cm³/mol. The average molecular weight is 314 g/mol. The fraction of sp³-hybridized carbons (Fsp3) is 0.467. The molecule has 0 saturated heterocycles. The minimum absolute atomic E-state index is 0.250. The number of amides is 1. The minimum Gasteiger partial charge on any atom is -0.444 e. The molecule has 1 rings (SSSR count). The van der Waals surface area contributed by atoms with Gasteiger partial charge >= 0.3 is 12.3 Å². The Balaban J connectivity index is 2.90. The van der Waals surface area contributed by atoms with Crippen LogP contribution in [0.2, 0.25) is 0 Å². The third-order valence-electron chi connectivity index (χ3n) is 2.48. The molecule has 1 aromatic rings. The molecule has 0 fully saturated rings. The third kappa shape index (κ3) is 6.48. The number of nitrogens with zero attached hydrogens (tertiary/aromatic N) is 2. The van der Waals surface area contributed by atoms with E-state index in [1.54, 1.807) is 20.8 Å². The van der Waals surface area contributed by atoms with Crippen LogP contribution >= 0.6 is 0 Å². The molecular formula is C15H17F3N2O2. The molecule has 0 aromatic heterocycles. The van der Waals surface area contributed by atoms with Crippen molar-refractivity contribution in [1.82, 2.24) is 4.90 Å². The van der Waals surface area contributed by atoms with Crippen LogP contribution in [0, 0.1) is 11.3 Å². The van der Waals surface area contributed by atoms with Crippen molar-refractivity contribution in [2.75, 3.05) is 6.54 Å². The quantitative estimate of drug-likeness (QED) is 0.851. The summed E-state index contributed by atoms with van der Waals surface area (Å²) in [5, 5.41) is 8.70. The van der Waals surface area contributed by atoms with Gasteiger partial charge in [0.25, 0.3) is 0 Å². The van der Waals surface area contributed by atoms with Gasteiger partial charge in [0.1, 0.15) is 12.1 Å². The number of carbonyl (C=O) groups excluding carboxylic acids is 1. The number of carbonyl (C=O) groups is 1. The van der Waals surface area contributed by atoms with Gasteiger partial charge in [0.05, 0.1) is 11.6 Å². The third-order valence-corrected chi connectivity index (χ3v) is 2.48. The van der Waals surface area contributed by atoms with Crippen molar-refractivity contribution in [2.24, 2.45) is 0 Å². The number of rotatable bonds is 3. The summed E-state index contributed by atoms with van der Waals surface area (Å²) in [6.07, 6.45) is -5.56. The van der Waals surface area contributed by atoms with Gasteiger partial charge in [-0.25, -0.2) is 4.79 Å². The normalized spacial score (nSPS) is 11.7. The number of halogens is 3. The largest absolute Gasteiger partial charge is 0.444 e. The highest BCUT2D eigenvalue weighted by molar-refractivity contribution is 5.68. The first-order valence-corrected chi connectivity index (χ1v) is 6.54. The zero-order chi connectivity index (χ0) is 17.0. The lowest BCUT2D eigenvalue weighted by atomic mass is 10.1. The van der Waals surface area contributed by atoms with Crippen LogP contribution in [0.1, 0.15) is 31.9 Å². The van der Waals surface area contributed by atoms with Crippen molar-refractivity contribution in [3.63, 3.8) is 0 Å². The minimum atomic E-state index is -4.52. The zero-order valence-electron chi connectivity index (χ0n) is 12.6. The summed E-state index contributed by atoms with van der Waals surface area (Å²) >= 11 is 0. The highest BCUT2D eigenvalue weighted by Crippen LogP contribution is 2.20. The van der Waals surface area contributed by atoms with Crippen molar-refractivity contribution in [1.29, 1.82) is 5.26 Å². The van der Waals surface area contributed by atoms with Crippen molar-refractivity contribution < 1.29 is 22.7 Å². The smallest absolute Gasteiger partial charge is 0.410 e. The first-order valence-electron chi connectivity index (χ1n) is 6.54. The summed E-state index contributed by atoms with van der Waals surface area (Å²) in [6, 6.07) is 7.89. The van der Waals surface area contributed by atoms with Crippen LogP contribution in [0.25, 0.3) is 0 Å². The van der Waals surface area contributed by atoms with E-state index in [1.807, 2.05) is 6.07 Å². The number of ether oxygens (including phenoxy) is 1. The molecule has 0 aliphatic heterocycles. The van der Waals surface area contributed by atoms with E-state index in [9.17, 15) is 18.0 Å². The second kappa shape index (κ2) is 6.69. The van der Waals surface area contributed by atoms with Crippen LogP contribution < -0.4 is 0 Å². The standard InChI is InChI=1S/C15H17F3N2O2/c1-14(2,3)22-13(21)20(10-15(16,17)18)9-12-6-4-11(8-19)5-7-12/h4-7H,9-10H2,1-3H3. The van der Waals surface area contributed by atoms with Gasteiger partial charge in [0, 0.05) is 6.54 Å². The lowest BCUT2D eigenvalue weighted by molar-refractivity contribution is -0.145. The van der Waals surface area contributed by atoms with E-state index in [2.05, 4.69) is 0 Å². The number of benzene rings is 1. The number of hydrogen-bond acceptors (Lipinski definition) is 3. The molecule has 0 N–H and O–H groups in total. The number of alkyl halides is 3. The van der Waals surface area contributed by atoms with Crippen molar-refractivity contribution in [3.05, 3.63) is 35.4 Å². The van der Waals surface area contributed by atoms with Crippen LogP contribution in [0.3, 0.4) is 0 Å². The Hall–Kier alpha value is -2.23. The summed E-state index contributed by atoms with van der Waals surface area (Å²) in [6.45, 7) is 3.09. The molecule has 4 nitrogen and oxygen atoms in total. The van der Waals surface area contributed by atoms with Gasteiger partial charge in [-0.1, -0.05) is 12.1 Å². The molecule has 0 heterocycles. The van der Waals surface area contributed by atoms with Crippen LogP contribution in [0.15, 0.2) is 24.3 Å². The maximum Gasteiger partial charge on any atom is 0.410 e. The van der Waals surface area contributed by atoms with Gasteiger partial charge in [-0.15, -0.1) is 0 Å². The molecule has 0 bridgehead atoms.